The zero-order valence-electron chi connectivity index (χ0n) is 16.6. The Balaban J connectivity index is 1.60. The fourth-order valence-corrected chi connectivity index (χ4v) is 3.71. The molecule has 0 saturated carbocycles. The van der Waals surface area contributed by atoms with Gasteiger partial charge in [0.1, 0.15) is 18.1 Å². The molecule has 156 valence electrons. The van der Waals surface area contributed by atoms with Crippen LogP contribution in [0.2, 0.25) is 5.02 Å². The van der Waals surface area contributed by atoms with Gasteiger partial charge in [-0.2, -0.15) is 0 Å². The molecule has 0 unspecified atom stereocenters. The Labute approximate surface area is 193 Å². The Morgan fingerprint density at radius 3 is 2.58 bits per heavy atom. The van der Waals surface area contributed by atoms with Gasteiger partial charge in [-0.15, -0.1) is 0 Å². The summed E-state index contributed by atoms with van der Waals surface area (Å²) in [6, 6.07) is 19.6. The van der Waals surface area contributed by atoms with Crippen LogP contribution in [0.4, 0.5) is 10.5 Å². The van der Waals surface area contributed by atoms with Crippen LogP contribution < -0.4 is 15.0 Å². The minimum absolute atomic E-state index is 0.156. The summed E-state index contributed by atoms with van der Waals surface area (Å²) in [5.41, 5.74) is 3.44. The summed E-state index contributed by atoms with van der Waals surface area (Å²) in [6.45, 7) is 2.41. The van der Waals surface area contributed by atoms with Gasteiger partial charge >= 0.3 is 6.03 Å². The van der Waals surface area contributed by atoms with Gasteiger partial charge in [-0.3, -0.25) is 4.79 Å². The number of benzene rings is 3. The Morgan fingerprint density at radius 2 is 1.84 bits per heavy atom. The summed E-state index contributed by atoms with van der Waals surface area (Å²) in [5.74, 6) is 0.135. The lowest BCUT2D eigenvalue weighted by atomic mass is 10.1. The smallest absolute Gasteiger partial charge is 0.333 e. The van der Waals surface area contributed by atoms with E-state index in [0.29, 0.717) is 28.6 Å². The van der Waals surface area contributed by atoms with E-state index in [4.69, 9.17) is 16.3 Å². The van der Waals surface area contributed by atoms with Gasteiger partial charge in [-0.1, -0.05) is 63.4 Å². The van der Waals surface area contributed by atoms with Crippen LogP contribution in [0, 0.1) is 6.92 Å². The zero-order valence-corrected chi connectivity index (χ0v) is 18.9. The van der Waals surface area contributed by atoms with E-state index >= 15 is 0 Å². The molecule has 0 atom stereocenters. The van der Waals surface area contributed by atoms with Crippen molar-refractivity contribution in [2.45, 2.75) is 13.5 Å². The van der Waals surface area contributed by atoms with Crippen molar-refractivity contribution in [1.29, 1.82) is 0 Å². The highest BCUT2D eigenvalue weighted by molar-refractivity contribution is 9.10. The number of imide groups is 1. The number of aryl methyl sites for hydroxylation is 1. The summed E-state index contributed by atoms with van der Waals surface area (Å²) in [6.07, 6.45) is 1.61. The highest BCUT2D eigenvalue weighted by Gasteiger charge is 2.35. The Morgan fingerprint density at radius 1 is 1.06 bits per heavy atom. The van der Waals surface area contributed by atoms with Gasteiger partial charge < -0.3 is 10.1 Å². The van der Waals surface area contributed by atoms with Crippen molar-refractivity contribution in [2.75, 3.05) is 4.90 Å². The molecule has 0 radical (unpaired) electrons. The highest BCUT2D eigenvalue weighted by atomic mass is 79.9. The number of hydrogen-bond donors (Lipinski definition) is 1. The van der Waals surface area contributed by atoms with Gasteiger partial charge in [0.15, 0.2) is 0 Å². The lowest BCUT2D eigenvalue weighted by Gasteiger charge is -2.12. The molecule has 1 saturated heterocycles. The predicted molar refractivity (Wildman–Crippen MR) is 125 cm³/mol. The number of carbonyl (C=O) groups is 2. The summed E-state index contributed by atoms with van der Waals surface area (Å²) in [5, 5.41) is 3.07. The Bertz CT molecular complexity index is 1190. The highest BCUT2D eigenvalue weighted by Crippen LogP contribution is 2.29. The monoisotopic (exact) mass is 496 g/mol. The lowest BCUT2D eigenvalue weighted by Crippen LogP contribution is -2.30. The number of ether oxygens (including phenoxy) is 1. The number of nitrogens with zero attached hydrogens (tertiary/aromatic N) is 1. The third-order valence-electron chi connectivity index (χ3n) is 4.73. The number of halogens is 2. The Kier molecular flexibility index (Phi) is 6.11. The van der Waals surface area contributed by atoms with Crippen LogP contribution >= 0.6 is 27.5 Å². The van der Waals surface area contributed by atoms with Crippen LogP contribution in [0.3, 0.4) is 0 Å². The average Bonchev–Trinajstić information content (AvgIpc) is 3.01. The topological polar surface area (TPSA) is 58.6 Å². The molecule has 7 heteroatoms. The number of amides is 3. The van der Waals surface area contributed by atoms with Crippen molar-refractivity contribution >= 4 is 51.2 Å². The molecule has 0 aromatic heterocycles. The third-order valence-corrected chi connectivity index (χ3v) is 5.46. The van der Waals surface area contributed by atoms with Crippen LogP contribution in [-0.4, -0.2) is 11.9 Å². The number of rotatable bonds is 5. The fraction of sp³-hybridized carbons (Fsp3) is 0.0833. The largest absolute Gasteiger partial charge is 0.488 e. The van der Waals surface area contributed by atoms with Crippen LogP contribution in [0.1, 0.15) is 16.7 Å². The molecular formula is C24H18BrClN2O3. The normalized spacial score (nSPS) is 14.8. The molecule has 1 N–H and O–H groups in total. The van der Waals surface area contributed by atoms with E-state index in [0.717, 1.165) is 14.9 Å². The zero-order chi connectivity index (χ0) is 22.0. The lowest BCUT2D eigenvalue weighted by molar-refractivity contribution is -0.113. The number of anilines is 1. The third kappa shape index (κ3) is 4.81. The average molecular weight is 498 g/mol. The molecule has 0 spiro atoms. The standard InChI is InChI=1S/C24H18BrClN2O3/c1-15-5-7-16(8-6-15)14-31-22-10-9-18(25)11-17(22)12-21-23(29)28(24(30)27-21)20-4-2-3-19(26)13-20/h2-13H,14H2,1H3,(H,27,30)/b21-12+. The SMILES string of the molecule is Cc1ccc(COc2ccc(Br)cc2/C=C2/NC(=O)N(c3cccc(Cl)c3)C2=O)cc1. The number of hydrogen-bond acceptors (Lipinski definition) is 3. The van der Waals surface area contributed by atoms with Crippen LogP contribution in [0.15, 0.2) is 76.9 Å². The molecule has 3 amide bonds. The second-order valence-corrected chi connectivity index (χ2v) is 8.42. The van der Waals surface area contributed by atoms with Crippen molar-refractivity contribution in [3.05, 3.63) is 98.6 Å². The number of urea groups is 1. The summed E-state index contributed by atoms with van der Waals surface area (Å²) >= 11 is 9.46. The molecule has 5 nitrogen and oxygen atoms in total. The Hall–Kier alpha value is -3.09. The van der Waals surface area contributed by atoms with Crippen molar-refractivity contribution in [3.63, 3.8) is 0 Å². The molecule has 1 fully saturated rings. The molecule has 3 aromatic carbocycles. The van der Waals surface area contributed by atoms with E-state index in [9.17, 15) is 9.59 Å². The van der Waals surface area contributed by atoms with Gasteiger partial charge in [0.2, 0.25) is 0 Å². The molecule has 1 heterocycles. The maximum Gasteiger partial charge on any atom is 0.333 e. The first-order valence-electron chi connectivity index (χ1n) is 9.51. The van der Waals surface area contributed by atoms with Crippen molar-refractivity contribution in [1.82, 2.24) is 5.32 Å². The number of carbonyl (C=O) groups excluding carboxylic acids is 2. The second-order valence-electron chi connectivity index (χ2n) is 7.07. The quantitative estimate of drug-likeness (QED) is 0.343. The summed E-state index contributed by atoms with van der Waals surface area (Å²) in [7, 11) is 0. The molecular weight excluding hydrogens is 480 g/mol. The van der Waals surface area contributed by atoms with Gasteiger partial charge in [0.05, 0.1) is 5.69 Å². The van der Waals surface area contributed by atoms with Crippen LogP contribution in [-0.2, 0) is 11.4 Å². The van der Waals surface area contributed by atoms with E-state index in [2.05, 4.69) is 21.2 Å². The van der Waals surface area contributed by atoms with E-state index in [1.807, 2.05) is 49.4 Å². The van der Waals surface area contributed by atoms with E-state index in [1.165, 1.54) is 5.56 Å². The molecule has 3 aromatic rings. The molecule has 0 aliphatic carbocycles. The second kappa shape index (κ2) is 8.96. The molecule has 31 heavy (non-hydrogen) atoms. The fourth-order valence-electron chi connectivity index (χ4n) is 3.15. The first kappa shape index (κ1) is 21.2. The maximum atomic E-state index is 12.9. The van der Waals surface area contributed by atoms with Crippen LogP contribution in [0.5, 0.6) is 5.75 Å². The maximum absolute atomic E-state index is 12.9. The molecule has 1 aliphatic rings. The van der Waals surface area contributed by atoms with Gasteiger partial charge in [-0.05, 0) is 55.0 Å². The van der Waals surface area contributed by atoms with E-state index in [-0.39, 0.29) is 5.70 Å². The van der Waals surface area contributed by atoms with Gasteiger partial charge in [0.25, 0.3) is 5.91 Å². The van der Waals surface area contributed by atoms with Crippen molar-refractivity contribution < 1.29 is 14.3 Å². The van der Waals surface area contributed by atoms with Crippen molar-refractivity contribution in [3.8, 4) is 5.75 Å². The molecule has 0 bridgehead atoms. The molecule has 1 aliphatic heterocycles. The number of nitrogens with one attached hydrogen (secondary N) is 1. The summed E-state index contributed by atoms with van der Waals surface area (Å²) < 4.78 is 6.82. The minimum Gasteiger partial charge on any atom is -0.488 e. The molecule has 4 rings (SSSR count). The summed E-state index contributed by atoms with van der Waals surface area (Å²) in [4.78, 5) is 26.4. The van der Waals surface area contributed by atoms with Gasteiger partial charge in [0, 0.05) is 15.1 Å². The predicted octanol–water partition coefficient (Wildman–Crippen LogP) is 6.09. The minimum atomic E-state index is -0.532. The first-order valence-corrected chi connectivity index (χ1v) is 10.7. The first-order chi connectivity index (χ1) is 14.9. The van der Waals surface area contributed by atoms with Crippen molar-refractivity contribution in [2.24, 2.45) is 0 Å². The van der Waals surface area contributed by atoms with Gasteiger partial charge in [-0.25, -0.2) is 9.69 Å². The van der Waals surface area contributed by atoms with E-state index < -0.39 is 11.9 Å². The van der Waals surface area contributed by atoms with Crippen LogP contribution in [0.25, 0.3) is 6.08 Å². The van der Waals surface area contributed by atoms with E-state index in [1.54, 1.807) is 30.3 Å².